The van der Waals surface area contributed by atoms with Crippen LogP contribution >= 0.6 is 0 Å². The molecule has 3 rings (SSSR count). The van der Waals surface area contributed by atoms with E-state index in [1.165, 1.54) is 11.2 Å². The number of carbonyl (C=O) groups is 1. The SMILES string of the molecule is CS(=O)(=O)C1CCN(C(=O)c2cc(-c3ccccc3)on2)C1. The molecule has 1 aliphatic rings. The van der Waals surface area contributed by atoms with Crippen molar-refractivity contribution in [2.75, 3.05) is 19.3 Å². The van der Waals surface area contributed by atoms with Gasteiger partial charge in [-0.25, -0.2) is 8.42 Å². The van der Waals surface area contributed by atoms with E-state index < -0.39 is 15.1 Å². The van der Waals surface area contributed by atoms with Gasteiger partial charge in [-0.05, 0) is 6.42 Å². The van der Waals surface area contributed by atoms with Gasteiger partial charge in [0.1, 0.15) is 0 Å². The molecule has 0 N–H and O–H groups in total. The van der Waals surface area contributed by atoms with E-state index >= 15 is 0 Å². The van der Waals surface area contributed by atoms with Crippen LogP contribution in [0.4, 0.5) is 0 Å². The Morgan fingerprint density at radius 2 is 2.05 bits per heavy atom. The van der Waals surface area contributed by atoms with Gasteiger partial charge in [0.25, 0.3) is 5.91 Å². The molecule has 1 aliphatic heterocycles. The summed E-state index contributed by atoms with van der Waals surface area (Å²) in [5.41, 5.74) is 1.04. The second-order valence-electron chi connectivity index (χ2n) is 5.43. The van der Waals surface area contributed by atoms with Gasteiger partial charge in [0.2, 0.25) is 0 Å². The van der Waals surface area contributed by atoms with Crippen molar-refractivity contribution in [2.45, 2.75) is 11.7 Å². The summed E-state index contributed by atoms with van der Waals surface area (Å²) in [6, 6.07) is 11.0. The third-order valence-electron chi connectivity index (χ3n) is 3.83. The molecular weight excluding hydrogens is 304 g/mol. The van der Waals surface area contributed by atoms with Crippen molar-refractivity contribution >= 4 is 15.7 Å². The molecule has 7 heteroatoms. The number of hydrogen-bond donors (Lipinski definition) is 0. The molecule has 1 amide bonds. The minimum absolute atomic E-state index is 0.202. The average Bonchev–Trinajstić information content (AvgIpc) is 3.16. The maximum atomic E-state index is 12.4. The number of likely N-dealkylation sites (tertiary alicyclic amines) is 1. The van der Waals surface area contributed by atoms with Crippen molar-refractivity contribution < 1.29 is 17.7 Å². The van der Waals surface area contributed by atoms with Crippen molar-refractivity contribution in [1.82, 2.24) is 10.1 Å². The lowest BCUT2D eigenvalue weighted by atomic mass is 10.1. The summed E-state index contributed by atoms with van der Waals surface area (Å²) in [6.07, 6.45) is 1.67. The highest BCUT2D eigenvalue weighted by molar-refractivity contribution is 7.91. The van der Waals surface area contributed by atoms with E-state index in [0.717, 1.165) is 5.56 Å². The highest BCUT2D eigenvalue weighted by atomic mass is 32.2. The second kappa shape index (κ2) is 5.57. The van der Waals surface area contributed by atoms with Gasteiger partial charge in [0.05, 0.1) is 5.25 Å². The van der Waals surface area contributed by atoms with Crippen LogP contribution in [-0.2, 0) is 9.84 Å². The van der Waals surface area contributed by atoms with Gasteiger partial charge in [0, 0.05) is 31.0 Å². The zero-order chi connectivity index (χ0) is 15.7. The van der Waals surface area contributed by atoms with Crippen LogP contribution in [0.5, 0.6) is 0 Å². The van der Waals surface area contributed by atoms with Gasteiger partial charge in [-0.15, -0.1) is 0 Å². The molecule has 0 radical (unpaired) electrons. The van der Waals surface area contributed by atoms with Gasteiger partial charge >= 0.3 is 0 Å². The van der Waals surface area contributed by atoms with Crippen LogP contribution in [0, 0.1) is 0 Å². The summed E-state index contributed by atoms with van der Waals surface area (Å²) in [4.78, 5) is 13.9. The number of amides is 1. The maximum absolute atomic E-state index is 12.4. The molecule has 0 spiro atoms. The van der Waals surface area contributed by atoms with Gasteiger partial charge in [-0.1, -0.05) is 35.5 Å². The largest absolute Gasteiger partial charge is 0.355 e. The molecule has 0 aliphatic carbocycles. The van der Waals surface area contributed by atoms with Crippen molar-refractivity contribution in [1.29, 1.82) is 0 Å². The molecule has 22 heavy (non-hydrogen) atoms. The standard InChI is InChI=1S/C15H16N2O4S/c1-22(19,20)12-7-8-17(10-12)15(18)13-9-14(21-16-13)11-5-3-2-4-6-11/h2-6,9,12H,7-8,10H2,1H3. The molecule has 1 atom stereocenters. The number of sulfone groups is 1. The van der Waals surface area contributed by atoms with Gasteiger partial charge in [0.15, 0.2) is 21.3 Å². The number of benzene rings is 1. The van der Waals surface area contributed by atoms with Crippen LogP contribution in [0.2, 0.25) is 0 Å². The lowest BCUT2D eigenvalue weighted by Crippen LogP contribution is -2.31. The summed E-state index contributed by atoms with van der Waals surface area (Å²) < 4.78 is 28.3. The molecule has 1 aromatic heterocycles. The minimum Gasteiger partial charge on any atom is -0.355 e. The summed E-state index contributed by atoms with van der Waals surface area (Å²) in [5.74, 6) is 0.222. The Morgan fingerprint density at radius 3 is 2.68 bits per heavy atom. The topological polar surface area (TPSA) is 80.5 Å². The number of nitrogens with zero attached hydrogens (tertiary/aromatic N) is 2. The Balaban J connectivity index is 1.76. The zero-order valence-corrected chi connectivity index (χ0v) is 12.9. The van der Waals surface area contributed by atoms with E-state index in [0.29, 0.717) is 18.7 Å². The van der Waals surface area contributed by atoms with Crippen LogP contribution in [0.25, 0.3) is 11.3 Å². The molecule has 0 bridgehead atoms. The van der Waals surface area contributed by atoms with Crippen molar-refractivity contribution in [3.63, 3.8) is 0 Å². The fourth-order valence-corrected chi connectivity index (χ4v) is 3.52. The van der Waals surface area contributed by atoms with Gasteiger partial charge < -0.3 is 9.42 Å². The quantitative estimate of drug-likeness (QED) is 0.858. The second-order valence-corrected chi connectivity index (χ2v) is 7.76. The average molecular weight is 320 g/mol. The van der Waals surface area contributed by atoms with Crippen LogP contribution < -0.4 is 0 Å². The Labute approximate surface area is 128 Å². The zero-order valence-electron chi connectivity index (χ0n) is 12.1. The van der Waals surface area contributed by atoms with Crippen molar-refractivity contribution in [3.8, 4) is 11.3 Å². The van der Waals surface area contributed by atoms with E-state index in [1.807, 2.05) is 30.3 Å². The maximum Gasteiger partial charge on any atom is 0.276 e. The van der Waals surface area contributed by atoms with Gasteiger partial charge in [-0.2, -0.15) is 0 Å². The highest BCUT2D eigenvalue weighted by Crippen LogP contribution is 2.22. The first kappa shape index (κ1) is 14.8. The Bertz CT molecular complexity index is 783. The number of carbonyl (C=O) groups excluding carboxylic acids is 1. The van der Waals surface area contributed by atoms with Gasteiger partial charge in [-0.3, -0.25) is 4.79 Å². The van der Waals surface area contributed by atoms with E-state index in [1.54, 1.807) is 6.07 Å². The van der Waals surface area contributed by atoms with Crippen LogP contribution in [0.15, 0.2) is 40.9 Å². The first-order valence-electron chi connectivity index (χ1n) is 6.95. The van der Waals surface area contributed by atoms with E-state index in [2.05, 4.69) is 5.16 Å². The van der Waals surface area contributed by atoms with Crippen LogP contribution in [0.3, 0.4) is 0 Å². The molecule has 1 saturated heterocycles. The normalized spacial score (nSPS) is 18.6. The van der Waals surface area contributed by atoms with Crippen molar-refractivity contribution in [3.05, 3.63) is 42.1 Å². The lowest BCUT2D eigenvalue weighted by molar-refractivity contribution is 0.0783. The van der Waals surface area contributed by atoms with Crippen LogP contribution in [-0.4, -0.2) is 49.0 Å². The lowest BCUT2D eigenvalue weighted by Gasteiger charge is -2.13. The molecule has 116 valence electrons. The molecule has 6 nitrogen and oxygen atoms in total. The fraction of sp³-hybridized carbons (Fsp3) is 0.333. The van der Waals surface area contributed by atoms with Crippen LogP contribution in [0.1, 0.15) is 16.9 Å². The number of aromatic nitrogens is 1. The van der Waals surface area contributed by atoms with Crippen molar-refractivity contribution in [2.24, 2.45) is 0 Å². The molecule has 2 heterocycles. The van der Waals surface area contributed by atoms with E-state index in [4.69, 9.17) is 4.52 Å². The fourth-order valence-electron chi connectivity index (χ4n) is 2.54. The monoisotopic (exact) mass is 320 g/mol. The third-order valence-corrected chi connectivity index (χ3v) is 5.42. The molecule has 2 aromatic rings. The minimum atomic E-state index is -3.13. The first-order chi connectivity index (χ1) is 10.4. The van der Waals surface area contributed by atoms with E-state index in [-0.39, 0.29) is 18.1 Å². The molecule has 1 unspecified atom stereocenters. The summed E-state index contributed by atoms with van der Waals surface area (Å²) >= 11 is 0. The Hall–Kier alpha value is -2.15. The smallest absolute Gasteiger partial charge is 0.276 e. The molecule has 0 saturated carbocycles. The summed E-state index contributed by atoms with van der Waals surface area (Å²) in [7, 11) is -3.13. The summed E-state index contributed by atoms with van der Waals surface area (Å²) in [6.45, 7) is 0.634. The number of hydrogen-bond acceptors (Lipinski definition) is 5. The summed E-state index contributed by atoms with van der Waals surface area (Å²) in [5, 5.41) is 3.32. The van der Waals surface area contributed by atoms with E-state index in [9.17, 15) is 13.2 Å². The molecule has 1 aromatic carbocycles. The predicted molar refractivity (Wildman–Crippen MR) is 81.1 cm³/mol. The Morgan fingerprint density at radius 1 is 1.32 bits per heavy atom. The third kappa shape index (κ3) is 2.89. The Kier molecular flexibility index (Phi) is 3.74. The highest BCUT2D eigenvalue weighted by Gasteiger charge is 2.33. The molecular formula is C15H16N2O4S. The number of rotatable bonds is 3. The molecule has 1 fully saturated rings. The predicted octanol–water partition coefficient (Wildman–Crippen LogP) is 1.60. The first-order valence-corrected chi connectivity index (χ1v) is 8.91.